The van der Waals surface area contributed by atoms with Gasteiger partial charge in [-0.1, -0.05) is 0 Å². The van der Waals surface area contributed by atoms with Gasteiger partial charge in [-0.15, -0.1) is 0 Å². The van der Waals surface area contributed by atoms with E-state index in [1.54, 1.807) is 46.5 Å². The maximum atomic E-state index is 12.5. The maximum Gasteiger partial charge on any atom is 0.340 e. The average molecular weight is 445 g/mol. The summed E-state index contributed by atoms with van der Waals surface area (Å²) in [6.45, 7) is 8.79. The molecular weight excluding hydrogens is 412 g/mol. The van der Waals surface area contributed by atoms with Crippen LogP contribution in [-0.4, -0.2) is 44.4 Å². The van der Waals surface area contributed by atoms with Crippen molar-refractivity contribution in [3.63, 3.8) is 0 Å². The lowest BCUT2D eigenvalue weighted by molar-refractivity contribution is -0.116. The van der Waals surface area contributed by atoms with E-state index in [0.29, 0.717) is 34.9 Å². The molecule has 0 bridgehead atoms. The summed E-state index contributed by atoms with van der Waals surface area (Å²) in [5.41, 5.74) is 3.62. The first-order chi connectivity index (χ1) is 15.3. The molecule has 0 atom stereocenters. The van der Waals surface area contributed by atoms with Crippen molar-refractivity contribution >= 4 is 18.0 Å². The molecule has 1 aromatic carbocycles. The van der Waals surface area contributed by atoms with Crippen LogP contribution >= 0.6 is 0 Å². The molecule has 1 aromatic heterocycles. The number of benzene rings is 1. The van der Waals surface area contributed by atoms with Crippen molar-refractivity contribution in [3.8, 4) is 17.2 Å². The molecule has 0 aliphatic carbocycles. The number of rotatable bonds is 10. The maximum absolute atomic E-state index is 12.5. The molecule has 1 amide bonds. The number of ether oxygens (including phenoxy) is 4. The zero-order valence-electron chi connectivity index (χ0n) is 19.8. The molecule has 0 spiro atoms. The third kappa shape index (κ3) is 5.25. The fourth-order valence-electron chi connectivity index (χ4n) is 3.68. The van der Waals surface area contributed by atoms with E-state index in [-0.39, 0.29) is 19.1 Å². The molecule has 0 fully saturated rings. The van der Waals surface area contributed by atoms with Crippen LogP contribution in [0.3, 0.4) is 0 Å². The molecule has 0 aliphatic rings. The van der Waals surface area contributed by atoms with Gasteiger partial charge in [-0.3, -0.25) is 4.79 Å². The van der Waals surface area contributed by atoms with Crippen LogP contribution in [0.5, 0.6) is 17.2 Å². The van der Waals surface area contributed by atoms with E-state index in [2.05, 4.69) is 5.32 Å². The third-order valence-electron chi connectivity index (χ3n) is 5.27. The summed E-state index contributed by atoms with van der Waals surface area (Å²) in [6.07, 6.45) is 3.07. The van der Waals surface area contributed by atoms with Gasteiger partial charge in [-0.2, -0.15) is 0 Å². The van der Waals surface area contributed by atoms with Crippen molar-refractivity contribution in [2.24, 2.45) is 0 Å². The van der Waals surface area contributed by atoms with Gasteiger partial charge < -0.3 is 28.8 Å². The number of nitrogens with zero attached hydrogens (tertiary/aromatic N) is 1. The summed E-state index contributed by atoms with van der Waals surface area (Å²) in [7, 11) is 4.64. The fourth-order valence-corrected chi connectivity index (χ4v) is 3.68. The van der Waals surface area contributed by atoms with Crippen molar-refractivity contribution in [1.82, 2.24) is 9.88 Å². The van der Waals surface area contributed by atoms with Crippen LogP contribution in [0.2, 0.25) is 0 Å². The van der Waals surface area contributed by atoms with Gasteiger partial charge in [0.25, 0.3) is 0 Å². The number of methoxy groups -OCH3 is 3. The van der Waals surface area contributed by atoms with Gasteiger partial charge in [0.2, 0.25) is 5.91 Å². The second kappa shape index (κ2) is 11.3. The highest BCUT2D eigenvalue weighted by molar-refractivity contribution is 5.98. The van der Waals surface area contributed by atoms with Crippen molar-refractivity contribution in [3.05, 3.63) is 46.3 Å². The summed E-state index contributed by atoms with van der Waals surface area (Å²) in [4.78, 5) is 25.0. The predicted octanol–water partition coefficient (Wildman–Crippen LogP) is 3.66. The summed E-state index contributed by atoms with van der Waals surface area (Å²) in [5.74, 6) is 0.952. The monoisotopic (exact) mass is 444 g/mol. The van der Waals surface area contributed by atoms with Crippen LogP contribution in [0.4, 0.5) is 0 Å². The number of amides is 1. The number of esters is 1. The Hall–Kier alpha value is -3.42. The SMILES string of the molecule is CCOC(=O)c1c(/C=C/C(=O)NCc2cc(OC)c(OC)cc2OC)c(C)n(CC)c1C. The summed E-state index contributed by atoms with van der Waals surface area (Å²) in [5, 5.41) is 2.84. The van der Waals surface area contributed by atoms with Gasteiger partial charge in [0, 0.05) is 47.7 Å². The topological polar surface area (TPSA) is 88.0 Å². The highest BCUT2D eigenvalue weighted by Crippen LogP contribution is 2.34. The standard InChI is InChI=1S/C24H32N2O6/c1-8-26-15(3)18(23(16(26)4)24(28)32-9-2)10-11-22(27)25-14-17-12-20(30-6)21(31-7)13-19(17)29-5/h10-13H,8-9,14H2,1-7H3,(H,25,27)/b11-10+. The zero-order valence-corrected chi connectivity index (χ0v) is 19.8. The number of carbonyl (C=O) groups is 2. The van der Waals surface area contributed by atoms with E-state index in [1.165, 1.54) is 6.08 Å². The summed E-state index contributed by atoms with van der Waals surface area (Å²) < 4.78 is 23.3. The normalized spacial score (nSPS) is 10.8. The van der Waals surface area contributed by atoms with E-state index in [4.69, 9.17) is 18.9 Å². The third-order valence-corrected chi connectivity index (χ3v) is 5.27. The number of hydrogen-bond acceptors (Lipinski definition) is 6. The van der Waals surface area contributed by atoms with Gasteiger partial charge in [-0.25, -0.2) is 4.79 Å². The number of aromatic nitrogens is 1. The zero-order chi connectivity index (χ0) is 23.8. The van der Waals surface area contributed by atoms with Crippen molar-refractivity contribution in [1.29, 1.82) is 0 Å². The molecule has 8 heteroatoms. The molecule has 2 rings (SSSR count). The van der Waals surface area contributed by atoms with Crippen LogP contribution in [0, 0.1) is 13.8 Å². The molecule has 0 saturated heterocycles. The second-order valence-corrected chi connectivity index (χ2v) is 6.99. The Morgan fingerprint density at radius 2 is 1.59 bits per heavy atom. The van der Waals surface area contributed by atoms with Crippen LogP contribution in [0.15, 0.2) is 18.2 Å². The first kappa shape index (κ1) is 24.8. The fraction of sp³-hybridized carbons (Fsp3) is 0.417. The average Bonchev–Trinajstić information content (AvgIpc) is 3.04. The van der Waals surface area contributed by atoms with Crippen LogP contribution in [0.1, 0.15) is 46.7 Å². The van der Waals surface area contributed by atoms with Crippen molar-refractivity contribution in [2.45, 2.75) is 40.8 Å². The smallest absolute Gasteiger partial charge is 0.340 e. The molecule has 32 heavy (non-hydrogen) atoms. The molecule has 2 aromatic rings. The molecule has 0 radical (unpaired) electrons. The van der Waals surface area contributed by atoms with E-state index in [1.807, 2.05) is 25.3 Å². The molecule has 174 valence electrons. The second-order valence-electron chi connectivity index (χ2n) is 6.99. The first-order valence-electron chi connectivity index (χ1n) is 10.4. The minimum Gasteiger partial charge on any atom is -0.496 e. The van der Waals surface area contributed by atoms with Gasteiger partial charge in [0.1, 0.15) is 5.75 Å². The number of carbonyl (C=O) groups excluding carboxylic acids is 2. The number of nitrogens with one attached hydrogen (secondary N) is 1. The minimum absolute atomic E-state index is 0.228. The summed E-state index contributed by atoms with van der Waals surface area (Å²) in [6, 6.07) is 3.47. The molecule has 0 unspecified atom stereocenters. The first-order valence-corrected chi connectivity index (χ1v) is 10.4. The molecule has 0 aliphatic heterocycles. The van der Waals surface area contributed by atoms with Crippen LogP contribution < -0.4 is 19.5 Å². The van der Waals surface area contributed by atoms with E-state index in [0.717, 1.165) is 17.0 Å². The van der Waals surface area contributed by atoms with E-state index in [9.17, 15) is 9.59 Å². The van der Waals surface area contributed by atoms with Gasteiger partial charge in [0.05, 0.1) is 33.5 Å². The Kier molecular flexibility index (Phi) is 8.75. The van der Waals surface area contributed by atoms with Crippen LogP contribution in [-0.2, 0) is 22.6 Å². The molecule has 1 N–H and O–H groups in total. The lowest BCUT2D eigenvalue weighted by Crippen LogP contribution is -2.20. The van der Waals surface area contributed by atoms with Gasteiger partial charge in [0.15, 0.2) is 11.5 Å². The lowest BCUT2D eigenvalue weighted by Gasteiger charge is -2.14. The highest BCUT2D eigenvalue weighted by Gasteiger charge is 2.22. The van der Waals surface area contributed by atoms with Crippen molar-refractivity contribution < 1.29 is 28.5 Å². The van der Waals surface area contributed by atoms with Crippen LogP contribution in [0.25, 0.3) is 6.08 Å². The summed E-state index contributed by atoms with van der Waals surface area (Å²) >= 11 is 0. The molecule has 1 heterocycles. The van der Waals surface area contributed by atoms with E-state index >= 15 is 0 Å². The lowest BCUT2D eigenvalue weighted by atomic mass is 10.1. The Morgan fingerprint density at radius 3 is 2.16 bits per heavy atom. The highest BCUT2D eigenvalue weighted by atomic mass is 16.5. The Morgan fingerprint density at radius 1 is 0.969 bits per heavy atom. The largest absolute Gasteiger partial charge is 0.496 e. The van der Waals surface area contributed by atoms with Crippen molar-refractivity contribution in [2.75, 3.05) is 27.9 Å². The van der Waals surface area contributed by atoms with E-state index < -0.39 is 5.97 Å². The molecular formula is C24H32N2O6. The van der Waals surface area contributed by atoms with Gasteiger partial charge in [-0.05, 0) is 39.8 Å². The van der Waals surface area contributed by atoms with Gasteiger partial charge >= 0.3 is 5.97 Å². The Balaban J connectivity index is 2.24. The quantitative estimate of drug-likeness (QED) is 0.445. The predicted molar refractivity (Wildman–Crippen MR) is 123 cm³/mol. The Bertz CT molecular complexity index is 1010. The number of hydrogen-bond donors (Lipinski definition) is 1. The minimum atomic E-state index is -0.393. The Labute approximate surface area is 189 Å². The molecule has 0 saturated carbocycles. The molecule has 8 nitrogen and oxygen atoms in total.